The first-order valence-electron chi connectivity index (χ1n) is 6.69. The van der Waals surface area contributed by atoms with E-state index in [-0.39, 0.29) is 18.0 Å². The molecule has 1 aromatic rings. The smallest absolute Gasteiger partial charge is 0.159 e. The molecule has 0 aliphatic rings. The van der Waals surface area contributed by atoms with Gasteiger partial charge in [0, 0.05) is 25.5 Å². The number of phenolic OH excluding ortho intramolecular Hbond substituents is 1. The third-order valence-electron chi connectivity index (χ3n) is 2.99. The third kappa shape index (κ3) is 5.07. The Bertz CT molecular complexity index is 552. The lowest BCUT2D eigenvalue weighted by Gasteiger charge is -2.14. The van der Waals surface area contributed by atoms with Crippen LogP contribution in [0.3, 0.4) is 0 Å². The Labute approximate surface area is 125 Å². The SMILES string of the molecule is C=CCc1c(O)cccc1[C@H](C#CCCC(=O)CO)OC. The van der Waals surface area contributed by atoms with E-state index < -0.39 is 12.7 Å². The summed E-state index contributed by atoms with van der Waals surface area (Å²) in [6.07, 6.45) is 2.34. The molecule has 0 bridgehead atoms. The minimum absolute atomic E-state index is 0.187. The van der Waals surface area contributed by atoms with E-state index in [1.165, 1.54) is 0 Å². The van der Waals surface area contributed by atoms with E-state index in [9.17, 15) is 9.90 Å². The molecule has 4 heteroatoms. The Morgan fingerprint density at radius 2 is 2.29 bits per heavy atom. The molecule has 1 aromatic carbocycles. The summed E-state index contributed by atoms with van der Waals surface area (Å²) >= 11 is 0. The maximum Gasteiger partial charge on any atom is 0.159 e. The maximum atomic E-state index is 11.0. The number of carbonyl (C=O) groups is 1. The lowest BCUT2D eigenvalue weighted by atomic mass is 9.98. The van der Waals surface area contributed by atoms with E-state index in [0.29, 0.717) is 12.8 Å². The van der Waals surface area contributed by atoms with Gasteiger partial charge >= 0.3 is 0 Å². The van der Waals surface area contributed by atoms with Crippen LogP contribution in [0.1, 0.15) is 30.1 Å². The van der Waals surface area contributed by atoms with Crippen molar-refractivity contribution in [1.82, 2.24) is 0 Å². The molecule has 0 saturated heterocycles. The standard InChI is InChI=1S/C17H20O4/c1-3-7-14-15(9-6-10-16(14)20)17(21-2)11-5-4-8-13(19)12-18/h3,6,9-10,17-18,20H,1,4,7-8,12H2,2H3/t17-/m0/s1. The van der Waals surface area contributed by atoms with Crippen molar-refractivity contribution >= 4 is 5.78 Å². The summed E-state index contributed by atoms with van der Waals surface area (Å²) < 4.78 is 5.36. The van der Waals surface area contributed by atoms with Crippen LogP contribution in [-0.4, -0.2) is 29.7 Å². The normalized spacial score (nSPS) is 11.3. The van der Waals surface area contributed by atoms with Crippen LogP contribution in [0.4, 0.5) is 0 Å². The molecule has 0 aliphatic heterocycles. The fourth-order valence-electron chi connectivity index (χ4n) is 1.91. The van der Waals surface area contributed by atoms with Crippen LogP contribution in [-0.2, 0) is 16.0 Å². The highest BCUT2D eigenvalue weighted by Crippen LogP contribution is 2.28. The van der Waals surface area contributed by atoms with Crippen LogP contribution < -0.4 is 0 Å². The highest BCUT2D eigenvalue weighted by Gasteiger charge is 2.14. The number of benzene rings is 1. The average Bonchev–Trinajstić information content (AvgIpc) is 2.49. The van der Waals surface area contributed by atoms with Crippen LogP contribution >= 0.6 is 0 Å². The summed E-state index contributed by atoms with van der Waals surface area (Å²) in [4.78, 5) is 11.0. The molecule has 0 saturated carbocycles. The number of methoxy groups -OCH3 is 1. The topological polar surface area (TPSA) is 66.8 Å². The molecule has 1 atom stereocenters. The number of rotatable bonds is 7. The van der Waals surface area contributed by atoms with Gasteiger partial charge in [0.25, 0.3) is 0 Å². The molecular formula is C17H20O4. The first-order chi connectivity index (χ1) is 10.1. The molecule has 0 amide bonds. The number of hydrogen-bond donors (Lipinski definition) is 2. The zero-order chi connectivity index (χ0) is 15.7. The predicted octanol–water partition coefficient (Wildman–Crippen LogP) is 2.15. The first kappa shape index (κ1) is 17.0. The zero-order valence-electron chi connectivity index (χ0n) is 12.1. The fourth-order valence-corrected chi connectivity index (χ4v) is 1.91. The van der Waals surface area contributed by atoms with Crippen molar-refractivity contribution in [2.45, 2.75) is 25.4 Å². The molecule has 0 unspecified atom stereocenters. The quantitative estimate of drug-likeness (QED) is 0.596. The van der Waals surface area contributed by atoms with E-state index in [0.717, 1.165) is 11.1 Å². The lowest BCUT2D eigenvalue weighted by molar-refractivity contribution is -0.121. The number of aliphatic hydroxyl groups is 1. The third-order valence-corrected chi connectivity index (χ3v) is 2.99. The number of ketones is 1. The van der Waals surface area contributed by atoms with Crippen molar-refractivity contribution in [3.63, 3.8) is 0 Å². The van der Waals surface area contributed by atoms with Crippen molar-refractivity contribution in [3.8, 4) is 17.6 Å². The Kier molecular flexibility index (Phi) is 7.24. The van der Waals surface area contributed by atoms with Gasteiger partial charge < -0.3 is 14.9 Å². The summed E-state index contributed by atoms with van der Waals surface area (Å²) in [5.41, 5.74) is 1.53. The minimum atomic E-state index is -0.476. The van der Waals surface area contributed by atoms with Crippen LogP contribution in [0.25, 0.3) is 0 Å². The molecule has 0 aliphatic carbocycles. The fraction of sp³-hybridized carbons (Fsp3) is 0.353. The number of allylic oxidation sites excluding steroid dienone is 1. The number of aromatic hydroxyl groups is 1. The van der Waals surface area contributed by atoms with Gasteiger partial charge in [0.2, 0.25) is 0 Å². The molecule has 4 nitrogen and oxygen atoms in total. The first-order valence-corrected chi connectivity index (χ1v) is 6.69. The van der Waals surface area contributed by atoms with Gasteiger partial charge in [-0.15, -0.1) is 6.58 Å². The van der Waals surface area contributed by atoms with Crippen LogP contribution in [0, 0.1) is 11.8 Å². The van der Waals surface area contributed by atoms with Gasteiger partial charge in [-0.3, -0.25) is 4.79 Å². The monoisotopic (exact) mass is 288 g/mol. The molecule has 1 rings (SSSR count). The Hall–Kier alpha value is -2.09. The largest absolute Gasteiger partial charge is 0.508 e. The predicted molar refractivity (Wildman–Crippen MR) is 80.9 cm³/mol. The van der Waals surface area contributed by atoms with Gasteiger partial charge in [-0.1, -0.05) is 30.0 Å². The summed E-state index contributed by atoms with van der Waals surface area (Å²) in [7, 11) is 1.54. The molecule has 0 aromatic heterocycles. The van der Waals surface area contributed by atoms with Crippen molar-refractivity contribution in [3.05, 3.63) is 42.0 Å². The maximum absolute atomic E-state index is 11.0. The number of phenols is 1. The van der Waals surface area contributed by atoms with Gasteiger partial charge in [-0.25, -0.2) is 0 Å². The Morgan fingerprint density at radius 3 is 2.90 bits per heavy atom. The van der Waals surface area contributed by atoms with Crippen molar-refractivity contribution in [2.24, 2.45) is 0 Å². The number of carbonyl (C=O) groups excluding carboxylic acids is 1. The van der Waals surface area contributed by atoms with Gasteiger partial charge in [0.1, 0.15) is 18.5 Å². The van der Waals surface area contributed by atoms with Gasteiger partial charge in [0.15, 0.2) is 5.78 Å². The van der Waals surface area contributed by atoms with Crippen LogP contribution in [0.5, 0.6) is 5.75 Å². The molecule has 0 spiro atoms. The summed E-state index contributed by atoms with van der Waals surface area (Å²) in [5, 5.41) is 18.6. The Balaban J connectivity index is 2.90. The number of Topliss-reactive ketones (excluding diaryl/α,β-unsaturated/α-hetero) is 1. The summed E-state index contributed by atoms with van der Waals surface area (Å²) in [6.45, 7) is 3.23. The van der Waals surface area contributed by atoms with Gasteiger partial charge in [-0.2, -0.15) is 0 Å². The molecule has 112 valence electrons. The van der Waals surface area contributed by atoms with Crippen LogP contribution in [0.15, 0.2) is 30.9 Å². The van der Waals surface area contributed by atoms with Crippen LogP contribution in [0.2, 0.25) is 0 Å². The van der Waals surface area contributed by atoms with Gasteiger partial charge in [-0.05, 0) is 18.1 Å². The van der Waals surface area contributed by atoms with E-state index >= 15 is 0 Å². The Morgan fingerprint density at radius 1 is 1.52 bits per heavy atom. The summed E-state index contributed by atoms with van der Waals surface area (Å²) in [5.74, 6) is 5.77. The van der Waals surface area contributed by atoms with Crippen molar-refractivity contribution in [1.29, 1.82) is 0 Å². The van der Waals surface area contributed by atoms with Crippen molar-refractivity contribution in [2.75, 3.05) is 13.7 Å². The van der Waals surface area contributed by atoms with Crippen molar-refractivity contribution < 1.29 is 19.7 Å². The molecular weight excluding hydrogens is 268 g/mol. The number of hydrogen-bond acceptors (Lipinski definition) is 4. The molecule has 21 heavy (non-hydrogen) atoms. The zero-order valence-corrected chi connectivity index (χ0v) is 12.1. The number of aliphatic hydroxyl groups excluding tert-OH is 1. The highest BCUT2D eigenvalue weighted by atomic mass is 16.5. The highest BCUT2D eigenvalue weighted by molar-refractivity contribution is 5.79. The molecule has 2 N–H and O–H groups in total. The minimum Gasteiger partial charge on any atom is -0.508 e. The van der Waals surface area contributed by atoms with Gasteiger partial charge in [0.05, 0.1) is 0 Å². The number of ether oxygens (including phenoxy) is 1. The second-order valence-electron chi connectivity index (χ2n) is 4.47. The summed E-state index contributed by atoms with van der Waals surface area (Å²) in [6, 6.07) is 5.20. The van der Waals surface area contributed by atoms with E-state index in [1.54, 1.807) is 25.3 Å². The second kappa shape index (κ2) is 8.96. The average molecular weight is 288 g/mol. The molecule has 0 radical (unpaired) electrons. The molecule has 0 fully saturated rings. The van der Waals surface area contributed by atoms with E-state index in [2.05, 4.69) is 18.4 Å². The second-order valence-corrected chi connectivity index (χ2v) is 4.47. The van der Waals surface area contributed by atoms with E-state index in [4.69, 9.17) is 9.84 Å². The molecule has 0 heterocycles. The van der Waals surface area contributed by atoms with E-state index in [1.807, 2.05) is 6.07 Å². The lowest BCUT2D eigenvalue weighted by Crippen LogP contribution is -2.04.